The molecular formula is C12H25N3O. The van der Waals surface area contributed by atoms with Gasteiger partial charge in [0.1, 0.15) is 0 Å². The fourth-order valence-electron chi connectivity index (χ4n) is 2.15. The van der Waals surface area contributed by atoms with Crippen LogP contribution in [0.3, 0.4) is 0 Å². The van der Waals surface area contributed by atoms with E-state index in [2.05, 4.69) is 36.4 Å². The minimum Gasteiger partial charge on any atom is -0.353 e. The lowest BCUT2D eigenvalue weighted by molar-refractivity contribution is -0.127. The van der Waals surface area contributed by atoms with Gasteiger partial charge in [0.05, 0.1) is 5.54 Å². The Morgan fingerprint density at radius 2 is 2.25 bits per heavy atom. The van der Waals surface area contributed by atoms with Crippen LogP contribution >= 0.6 is 0 Å². The molecule has 16 heavy (non-hydrogen) atoms. The summed E-state index contributed by atoms with van der Waals surface area (Å²) in [6.45, 7) is 7.85. The first-order chi connectivity index (χ1) is 7.64. The van der Waals surface area contributed by atoms with Crippen LogP contribution in [0.25, 0.3) is 0 Å². The van der Waals surface area contributed by atoms with E-state index in [1.807, 2.05) is 0 Å². The van der Waals surface area contributed by atoms with E-state index in [1.165, 1.54) is 0 Å². The number of amides is 1. The smallest absolute Gasteiger partial charge is 0.240 e. The molecule has 1 fully saturated rings. The number of hydrogen-bond acceptors (Lipinski definition) is 3. The van der Waals surface area contributed by atoms with Crippen LogP contribution in [0.1, 0.15) is 33.1 Å². The highest BCUT2D eigenvalue weighted by Crippen LogP contribution is 2.22. The molecule has 1 amide bonds. The molecule has 0 saturated carbocycles. The molecule has 0 radical (unpaired) electrons. The summed E-state index contributed by atoms with van der Waals surface area (Å²) in [6, 6.07) is 0. The van der Waals surface area contributed by atoms with Crippen molar-refractivity contribution < 1.29 is 4.79 Å². The maximum Gasteiger partial charge on any atom is 0.240 e. The fraction of sp³-hybridized carbons (Fsp3) is 0.917. The Labute approximate surface area is 98.8 Å². The SMILES string of the molecule is CCN(C)CCNC(=O)C1(CC)CCCN1. The molecule has 1 atom stereocenters. The lowest BCUT2D eigenvalue weighted by Crippen LogP contribution is -2.54. The van der Waals surface area contributed by atoms with Crippen LogP contribution in [0, 0.1) is 0 Å². The van der Waals surface area contributed by atoms with Crippen molar-refractivity contribution in [3.8, 4) is 0 Å². The summed E-state index contributed by atoms with van der Waals surface area (Å²) in [7, 11) is 2.07. The number of hydrogen-bond donors (Lipinski definition) is 2. The van der Waals surface area contributed by atoms with Crippen molar-refractivity contribution in [1.29, 1.82) is 0 Å². The zero-order chi connectivity index (χ0) is 12.0. The first kappa shape index (κ1) is 13.5. The zero-order valence-electron chi connectivity index (χ0n) is 10.8. The monoisotopic (exact) mass is 227 g/mol. The highest BCUT2D eigenvalue weighted by Gasteiger charge is 2.38. The largest absolute Gasteiger partial charge is 0.353 e. The third-order valence-corrected chi connectivity index (χ3v) is 3.60. The summed E-state index contributed by atoms with van der Waals surface area (Å²) < 4.78 is 0. The number of carbonyl (C=O) groups excluding carboxylic acids is 1. The summed E-state index contributed by atoms with van der Waals surface area (Å²) in [5.74, 6) is 0.178. The van der Waals surface area contributed by atoms with E-state index in [9.17, 15) is 4.79 Å². The van der Waals surface area contributed by atoms with Crippen molar-refractivity contribution >= 4 is 5.91 Å². The Hall–Kier alpha value is -0.610. The number of nitrogens with one attached hydrogen (secondary N) is 2. The third kappa shape index (κ3) is 3.19. The molecule has 0 aromatic carbocycles. The summed E-state index contributed by atoms with van der Waals surface area (Å²) in [5.41, 5.74) is -0.287. The second-order valence-electron chi connectivity index (χ2n) is 4.62. The molecule has 94 valence electrons. The van der Waals surface area contributed by atoms with Gasteiger partial charge in [0.2, 0.25) is 5.91 Å². The molecule has 4 heteroatoms. The fourth-order valence-corrected chi connectivity index (χ4v) is 2.15. The molecular weight excluding hydrogens is 202 g/mol. The van der Waals surface area contributed by atoms with Crippen molar-refractivity contribution in [2.45, 2.75) is 38.6 Å². The Balaban J connectivity index is 2.33. The quantitative estimate of drug-likeness (QED) is 0.698. The molecule has 0 spiro atoms. The van der Waals surface area contributed by atoms with Gasteiger partial charge < -0.3 is 15.5 Å². The molecule has 0 aromatic rings. The second kappa shape index (κ2) is 6.21. The van der Waals surface area contributed by atoms with E-state index in [4.69, 9.17) is 0 Å². The average Bonchev–Trinajstić information content (AvgIpc) is 2.78. The lowest BCUT2D eigenvalue weighted by Gasteiger charge is -2.27. The van der Waals surface area contributed by atoms with E-state index in [0.717, 1.165) is 45.4 Å². The molecule has 4 nitrogen and oxygen atoms in total. The van der Waals surface area contributed by atoms with Crippen LogP contribution < -0.4 is 10.6 Å². The maximum absolute atomic E-state index is 12.1. The van der Waals surface area contributed by atoms with Gasteiger partial charge in [-0.15, -0.1) is 0 Å². The number of likely N-dealkylation sites (N-methyl/N-ethyl adjacent to an activating group) is 1. The summed E-state index contributed by atoms with van der Waals surface area (Å²) >= 11 is 0. The highest BCUT2D eigenvalue weighted by atomic mass is 16.2. The average molecular weight is 227 g/mol. The van der Waals surface area contributed by atoms with Crippen molar-refractivity contribution in [2.24, 2.45) is 0 Å². The van der Waals surface area contributed by atoms with Gasteiger partial charge >= 0.3 is 0 Å². The Morgan fingerprint density at radius 1 is 1.50 bits per heavy atom. The summed E-state index contributed by atoms with van der Waals surface area (Å²) in [5, 5.41) is 6.38. The van der Waals surface area contributed by atoms with E-state index >= 15 is 0 Å². The minimum absolute atomic E-state index is 0.178. The van der Waals surface area contributed by atoms with E-state index < -0.39 is 0 Å². The van der Waals surface area contributed by atoms with Crippen LogP contribution in [-0.4, -0.2) is 49.6 Å². The van der Waals surface area contributed by atoms with Crippen LogP contribution in [-0.2, 0) is 4.79 Å². The zero-order valence-corrected chi connectivity index (χ0v) is 10.8. The third-order valence-electron chi connectivity index (χ3n) is 3.60. The molecule has 1 aliphatic rings. The van der Waals surface area contributed by atoms with Crippen molar-refractivity contribution in [3.05, 3.63) is 0 Å². The van der Waals surface area contributed by atoms with Gasteiger partial charge in [-0.2, -0.15) is 0 Å². The second-order valence-corrected chi connectivity index (χ2v) is 4.62. The standard InChI is InChI=1S/C12H25N3O/c1-4-12(7-6-8-14-12)11(16)13-9-10-15(3)5-2/h14H,4-10H2,1-3H3,(H,13,16). The Morgan fingerprint density at radius 3 is 2.75 bits per heavy atom. The lowest BCUT2D eigenvalue weighted by atomic mass is 9.93. The predicted molar refractivity (Wildman–Crippen MR) is 66.4 cm³/mol. The Bertz CT molecular complexity index is 224. The van der Waals surface area contributed by atoms with Crippen LogP contribution in [0.5, 0.6) is 0 Å². The van der Waals surface area contributed by atoms with Crippen molar-refractivity contribution in [3.63, 3.8) is 0 Å². The maximum atomic E-state index is 12.1. The summed E-state index contributed by atoms with van der Waals surface area (Å²) in [6.07, 6.45) is 2.96. The van der Waals surface area contributed by atoms with Gasteiger partial charge in [-0.25, -0.2) is 0 Å². The molecule has 0 aromatic heterocycles. The van der Waals surface area contributed by atoms with Gasteiger partial charge in [-0.3, -0.25) is 4.79 Å². The van der Waals surface area contributed by atoms with Gasteiger partial charge in [0.15, 0.2) is 0 Å². The topological polar surface area (TPSA) is 44.4 Å². The molecule has 0 aliphatic carbocycles. The number of rotatable bonds is 6. The Kier molecular flexibility index (Phi) is 5.22. The molecule has 1 aliphatic heterocycles. The van der Waals surface area contributed by atoms with Gasteiger partial charge in [-0.1, -0.05) is 13.8 Å². The molecule has 1 unspecified atom stereocenters. The first-order valence-corrected chi connectivity index (χ1v) is 6.36. The predicted octanol–water partition coefficient (Wildman–Crippen LogP) is 0.587. The van der Waals surface area contributed by atoms with E-state index in [0.29, 0.717) is 0 Å². The molecule has 1 saturated heterocycles. The van der Waals surface area contributed by atoms with E-state index in [-0.39, 0.29) is 11.4 Å². The van der Waals surface area contributed by atoms with Crippen molar-refractivity contribution in [1.82, 2.24) is 15.5 Å². The molecule has 1 heterocycles. The van der Waals surface area contributed by atoms with Gasteiger partial charge in [0, 0.05) is 13.1 Å². The number of nitrogens with zero attached hydrogens (tertiary/aromatic N) is 1. The van der Waals surface area contributed by atoms with Crippen LogP contribution in [0.4, 0.5) is 0 Å². The highest BCUT2D eigenvalue weighted by molar-refractivity contribution is 5.86. The molecule has 0 bridgehead atoms. The first-order valence-electron chi connectivity index (χ1n) is 6.36. The van der Waals surface area contributed by atoms with Gasteiger partial charge in [0.25, 0.3) is 0 Å². The molecule has 1 rings (SSSR count). The van der Waals surface area contributed by atoms with Crippen LogP contribution in [0.2, 0.25) is 0 Å². The van der Waals surface area contributed by atoms with Crippen LogP contribution in [0.15, 0.2) is 0 Å². The van der Waals surface area contributed by atoms with Crippen molar-refractivity contribution in [2.75, 3.05) is 33.2 Å². The minimum atomic E-state index is -0.287. The summed E-state index contributed by atoms with van der Waals surface area (Å²) in [4.78, 5) is 14.3. The number of carbonyl (C=O) groups is 1. The van der Waals surface area contributed by atoms with Gasteiger partial charge in [-0.05, 0) is 39.4 Å². The molecule has 2 N–H and O–H groups in total. The van der Waals surface area contributed by atoms with E-state index in [1.54, 1.807) is 0 Å². The normalized spacial score (nSPS) is 25.0.